The van der Waals surface area contributed by atoms with Crippen molar-refractivity contribution < 1.29 is 29.3 Å². The second-order valence-corrected chi connectivity index (χ2v) is 9.27. The van der Waals surface area contributed by atoms with Crippen molar-refractivity contribution in [2.45, 2.75) is 43.4 Å². The SMILES string of the molecule is C=CCN(C(=O)C1N(CCCO)C(=O)[C@@H]2[C@H](C(=O)O)[C@]3(C)CCC12O3)c1ccccc1Cl. The van der Waals surface area contributed by atoms with Gasteiger partial charge in [-0.1, -0.05) is 29.8 Å². The zero-order chi connectivity index (χ0) is 23.3. The number of aliphatic hydroxyl groups excluding tert-OH is 1. The van der Waals surface area contributed by atoms with Crippen molar-refractivity contribution in [1.29, 1.82) is 0 Å². The molecular formula is C23H27ClN2O6. The van der Waals surface area contributed by atoms with Crippen LogP contribution in [-0.2, 0) is 19.1 Å². The maximum absolute atomic E-state index is 14.0. The molecule has 3 fully saturated rings. The summed E-state index contributed by atoms with van der Waals surface area (Å²) in [4.78, 5) is 42.6. The van der Waals surface area contributed by atoms with E-state index in [2.05, 4.69) is 6.58 Å². The number of aliphatic hydroxyl groups is 1. The van der Waals surface area contributed by atoms with Crippen molar-refractivity contribution >= 4 is 35.1 Å². The van der Waals surface area contributed by atoms with Gasteiger partial charge < -0.3 is 24.7 Å². The molecule has 8 nitrogen and oxygen atoms in total. The highest BCUT2D eigenvalue weighted by atomic mass is 35.5. The zero-order valence-electron chi connectivity index (χ0n) is 17.9. The van der Waals surface area contributed by atoms with Crippen molar-refractivity contribution in [3.8, 4) is 0 Å². The number of likely N-dealkylation sites (tertiary alicyclic amines) is 1. The molecule has 1 aromatic rings. The predicted molar refractivity (Wildman–Crippen MR) is 117 cm³/mol. The van der Waals surface area contributed by atoms with Crippen LogP contribution in [0.15, 0.2) is 36.9 Å². The van der Waals surface area contributed by atoms with Gasteiger partial charge in [-0.3, -0.25) is 14.4 Å². The van der Waals surface area contributed by atoms with E-state index in [4.69, 9.17) is 16.3 Å². The Morgan fingerprint density at radius 2 is 2.09 bits per heavy atom. The number of aliphatic carboxylic acids is 1. The highest BCUT2D eigenvalue weighted by molar-refractivity contribution is 6.34. The van der Waals surface area contributed by atoms with Crippen LogP contribution in [0.3, 0.4) is 0 Å². The molecule has 0 aromatic heterocycles. The summed E-state index contributed by atoms with van der Waals surface area (Å²) in [6.07, 6.45) is 2.68. The number of nitrogens with zero attached hydrogens (tertiary/aromatic N) is 2. The average Bonchev–Trinajstić information content (AvgIpc) is 3.31. The number of rotatable bonds is 8. The number of carbonyl (C=O) groups excluding carboxylic acids is 2. The molecule has 3 heterocycles. The van der Waals surface area contributed by atoms with E-state index in [-0.39, 0.29) is 26.1 Å². The van der Waals surface area contributed by atoms with Crippen LogP contribution < -0.4 is 4.90 Å². The number of fused-ring (bicyclic) bond motifs is 1. The highest BCUT2D eigenvalue weighted by Crippen LogP contribution is 2.63. The van der Waals surface area contributed by atoms with E-state index in [0.717, 1.165) is 0 Å². The fourth-order valence-electron chi connectivity index (χ4n) is 5.82. The number of para-hydroxylation sites is 1. The molecule has 4 rings (SSSR count). The second kappa shape index (κ2) is 8.17. The summed E-state index contributed by atoms with van der Waals surface area (Å²) in [5.41, 5.74) is -1.77. The molecule has 3 saturated heterocycles. The van der Waals surface area contributed by atoms with Gasteiger partial charge in [-0.15, -0.1) is 6.58 Å². The van der Waals surface area contributed by atoms with Crippen LogP contribution >= 0.6 is 11.6 Å². The predicted octanol–water partition coefficient (Wildman–Crippen LogP) is 2.09. The molecule has 2 amide bonds. The molecule has 0 radical (unpaired) electrons. The van der Waals surface area contributed by atoms with Gasteiger partial charge in [-0.25, -0.2) is 0 Å². The van der Waals surface area contributed by atoms with Crippen LogP contribution in [-0.4, -0.2) is 69.8 Å². The van der Waals surface area contributed by atoms with E-state index in [1.165, 1.54) is 9.80 Å². The van der Waals surface area contributed by atoms with Crippen molar-refractivity contribution in [1.82, 2.24) is 4.90 Å². The van der Waals surface area contributed by atoms with Crippen molar-refractivity contribution in [2.75, 3.05) is 24.6 Å². The number of anilines is 1. The maximum Gasteiger partial charge on any atom is 0.310 e. The van der Waals surface area contributed by atoms with Crippen LogP contribution in [0.4, 0.5) is 5.69 Å². The Morgan fingerprint density at radius 1 is 1.38 bits per heavy atom. The van der Waals surface area contributed by atoms with E-state index in [9.17, 15) is 24.6 Å². The van der Waals surface area contributed by atoms with Crippen LogP contribution in [0.2, 0.25) is 5.02 Å². The summed E-state index contributed by atoms with van der Waals surface area (Å²) >= 11 is 6.38. The molecule has 0 aliphatic carbocycles. The number of hydrogen-bond acceptors (Lipinski definition) is 5. The lowest BCUT2D eigenvalue weighted by molar-refractivity contribution is -0.154. The Bertz CT molecular complexity index is 970. The van der Waals surface area contributed by atoms with Gasteiger partial charge in [0.2, 0.25) is 5.91 Å². The van der Waals surface area contributed by atoms with Gasteiger partial charge in [0.1, 0.15) is 11.6 Å². The van der Waals surface area contributed by atoms with Gasteiger partial charge in [0, 0.05) is 19.7 Å². The smallest absolute Gasteiger partial charge is 0.310 e. The quantitative estimate of drug-likeness (QED) is 0.573. The number of carbonyl (C=O) groups is 3. The molecule has 1 aromatic carbocycles. The topological polar surface area (TPSA) is 107 Å². The molecule has 5 atom stereocenters. The molecule has 0 saturated carbocycles. The second-order valence-electron chi connectivity index (χ2n) is 8.86. The number of benzene rings is 1. The standard InChI is InChI=1S/C23H27ClN2O6/c1-3-11-25(15-8-5-4-7-14(15)24)20(29)18-23-10-9-22(2,32-23)17(21(30)31)16(23)19(28)26(18)12-6-13-27/h3-5,7-8,16-18,27H,1,6,9-13H2,2H3,(H,30,31)/t16-,17+,18?,22-,23?/m0/s1. The van der Waals surface area contributed by atoms with E-state index in [0.29, 0.717) is 23.6 Å². The third kappa shape index (κ3) is 3.16. The molecule has 3 aliphatic rings. The zero-order valence-corrected chi connectivity index (χ0v) is 18.6. The number of carboxylic acid groups (broad SMARTS) is 1. The molecule has 2 N–H and O–H groups in total. The van der Waals surface area contributed by atoms with E-state index in [1.807, 2.05) is 0 Å². The Kier molecular flexibility index (Phi) is 5.81. The summed E-state index contributed by atoms with van der Waals surface area (Å²) < 4.78 is 6.34. The van der Waals surface area contributed by atoms with Gasteiger partial charge >= 0.3 is 5.97 Å². The Labute approximate surface area is 191 Å². The van der Waals surface area contributed by atoms with E-state index in [1.54, 1.807) is 37.3 Å². The summed E-state index contributed by atoms with van der Waals surface area (Å²) in [5.74, 6) is -3.90. The Hall–Kier alpha value is -2.42. The summed E-state index contributed by atoms with van der Waals surface area (Å²) in [7, 11) is 0. The summed E-state index contributed by atoms with van der Waals surface area (Å²) in [6, 6.07) is 5.87. The lowest BCUT2D eigenvalue weighted by atomic mass is 9.66. The first-order chi connectivity index (χ1) is 15.2. The number of ether oxygens (including phenoxy) is 1. The maximum atomic E-state index is 14.0. The fraction of sp³-hybridized carbons (Fsp3) is 0.522. The molecule has 2 bridgehead atoms. The third-order valence-corrected chi connectivity index (χ3v) is 7.37. The van der Waals surface area contributed by atoms with Gasteiger partial charge in [0.05, 0.1) is 28.1 Å². The number of carboxylic acids is 1. The van der Waals surface area contributed by atoms with Gasteiger partial charge in [-0.05, 0) is 38.3 Å². The lowest BCUT2D eigenvalue weighted by Crippen LogP contribution is -2.56. The number of hydrogen-bond donors (Lipinski definition) is 2. The third-order valence-electron chi connectivity index (χ3n) is 7.05. The fourth-order valence-corrected chi connectivity index (χ4v) is 6.05. The van der Waals surface area contributed by atoms with Gasteiger partial charge in [0.15, 0.2) is 0 Å². The lowest BCUT2D eigenvalue weighted by Gasteiger charge is -2.37. The molecule has 3 aliphatic heterocycles. The first-order valence-electron chi connectivity index (χ1n) is 10.7. The Balaban J connectivity index is 1.82. The van der Waals surface area contributed by atoms with Crippen molar-refractivity contribution in [2.24, 2.45) is 11.8 Å². The number of halogens is 1. The molecule has 9 heteroatoms. The molecule has 32 heavy (non-hydrogen) atoms. The van der Waals surface area contributed by atoms with E-state index >= 15 is 0 Å². The summed E-state index contributed by atoms with van der Waals surface area (Å²) in [5, 5.41) is 19.7. The largest absolute Gasteiger partial charge is 0.481 e. The first-order valence-corrected chi connectivity index (χ1v) is 11.1. The highest BCUT2D eigenvalue weighted by Gasteiger charge is 2.78. The minimum absolute atomic E-state index is 0.126. The van der Waals surface area contributed by atoms with Crippen LogP contribution in [0, 0.1) is 11.8 Å². The molecule has 1 spiro atoms. The van der Waals surface area contributed by atoms with Gasteiger partial charge in [-0.2, -0.15) is 0 Å². The minimum atomic E-state index is -1.23. The van der Waals surface area contributed by atoms with Crippen LogP contribution in [0.1, 0.15) is 26.2 Å². The van der Waals surface area contributed by atoms with Gasteiger partial charge in [0.25, 0.3) is 5.91 Å². The van der Waals surface area contributed by atoms with E-state index < -0.39 is 46.9 Å². The molecular weight excluding hydrogens is 436 g/mol. The van der Waals surface area contributed by atoms with Crippen LogP contribution in [0.25, 0.3) is 0 Å². The van der Waals surface area contributed by atoms with Crippen molar-refractivity contribution in [3.63, 3.8) is 0 Å². The van der Waals surface area contributed by atoms with Crippen molar-refractivity contribution in [3.05, 3.63) is 41.9 Å². The minimum Gasteiger partial charge on any atom is -0.481 e. The average molecular weight is 463 g/mol. The van der Waals surface area contributed by atoms with Crippen LogP contribution in [0.5, 0.6) is 0 Å². The molecule has 172 valence electrons. The Morgan fingerprint density at radius 3 is 2.72 bits per heavy atom. The monoisotopic (exact) mass is 462 g/mol. The molecule has 2 unspecified atom stereocenters. The first kappa shape index (κ1) is 22.8. The summed E-state index contributed by atoms with van der Waals surface area (Å²) in [6.45, 7) is 5.57. The number of amides is 2. The normalized spacial score (nSPS) is 32.8.